The fourth-order valence-electron chi connectivity index (χ4n) is 1.50. The van der Waals surface area contributed by atoms with E-state index in [0.717, 1.165) is 0 Å². The predicted octanol–water partition coefficient (Wildman–Crippen LogP) is -0.163. The van der Waals surface area contributed by atoms with Crippen LogP contribution in [0.2, 0.25) is 0 Å². The summed E-state index contributed by atoms with van der Waals surface area (Å²) in [6.07, 6.45) is 0. The number of halogens is 4. The van der Waals surface area contributed by atoms with Gasteiger partial charge < -0.3 is 5.11 Å². The predicted molar refractivity (Wildman–Crippen MR) is 48.0 cm³/mol. The molecule has 0 saturated carbocycles. The highest BCUT2D eigenvalue weighted by Gasteiger charge is 2.33. The van der Waals surface area contributed by atoms with Gasteiger partial charge in [0.2, 0.25) is 11.8 Å². The van der Waals surface area contributed by atoms with Crippen LogP contribution < -0.4 is 10.6 Å². The molecule has 0 fully saturated rings. The van der Waals surface area contributed by atoms with E-state index in [1.807, 2.05) is 0 Å². The molecule has 0 amide bonds. The Morgan fingerprint density at radius 1 is 1.22 bits per heavy atom. The number of rotatable bonds is 1. The maximum Gasteiger partial charge on any atom is 0.336 e. The van der Waals surface area contributed by atoms with Gasteiger partial charge in [0, 0.05) is 6.07 Å². The van der Waals surface area contributed by atoms with E-state index in [1.165, 1.54) is 0 Å². The Bertz CT molecular complexity index is 698. The summed E-state index contributed by atoms with van der Waals surface area (Å²) in [6, 6.07) is -1.79. The topological polar surface area (TPSA) is 66.7 Å². The first-order valence-corrected chi connectivity index (χ1v) is 4.52. The van der Waals surface area contributed by atoms with E-state index in [0.29, 0.717) is 6.07 Å². The van der Waals surface area contributed by atoms with Crippen molar-refractivity contribution in [1.82, 2.24) is 0 Å². The van der Waals surface area contributed by atoms with E-state index in [1.54, 1.807) is 0 Å². The monoisotopic (exact) mass is 261 g/mol. The van der Waals surface area contributed by atoms with Gasteiger partial charge in [-0.2, -0.15) is 0 Å². The molecule has 0 saturated heterocycles. The third-order valence-electron chi connectivity index (χ3n) is 2.33. The fourth-order valence-corrected chi connectivity index (χ4v) is 1.50. The molecule has 0 aliphatic carbocycles. The maximum atomic E-state index is 13.5. The Morgan fingerprint density at radius 3 is 2.39 bits per heavy atom. The lowest BCUT2D eigenvalue weighted by Crippen LogP contribution is -2.44. The van der Waals surface area contributed by atoms with Gasteiger partial charge in [-0.15, -0.1) is 0 Å². The highest BCUT2D eigenvalue weighted by molar-refractivity contribution is 6.22. The van der Waals surface area contributed by atoms with E-state index in [4.69, 9.17) is 5.11 Å². The van der Waals surface area contributed by atoms with E-state index < -0.39 is 51.6 Å². The van der Waals surface area contributed by atoms with E-state index >= 15 is 0 Å². The molecule has 0 spiro atoms. The molecule has 8 heteroatoms. The molecule has 2 rings (SSSR count). The molecule has 1 aliphatic heterocycles. The summed E-state index contributed by atoms with van der Waals surface area (Å²) in [5, 5.41) is 6.68. The molecule has 94 valence electrons. The Morgan fingerprint density at radius 2 is 1.83 bits per heavy atom. The number of carboxylic acids is 1. The van der Waals surface area contributed by atoms with Gasteiger partial charge in [-0.1, -0.05) is 0 Å². The minimum Gasteiger partial charge on any atom is -0.479 e. The first-order chi connectivity index (χ1) is 8.34. The van der Waals surface area contributed by atoms with Gasteiger partial charge in [-0.25, -0.2) is 22.4 Å². The second kappa shape index (κ2) is 3.90. The number of carboxylic acid groups (broad SMARTS) is 1. The van der Waals surface area contributed by atoms with E-state index in [-0.39, 0.29) is 0 Å². The molecule has 0 aromatic heterocycles. The van der Waals surface area contributed by atoms with Crippen LogP contribution in [0.1, 0.15) is 0 Å². The van der Waals surface area contributed by atoms with Crippen LogP contribution in [0.15, 0.2) is 11.1 Å². The average Bonchev–Trinajstić information content (AvgIpc) is 2.30. The zero-order valence-corrected chi connectivity index (χ0v) is 8.38. The number of fused-ring (bicyclic) bond motifs is 1. The van der Waals surface area contributed by atoms with Crippen LogP contribution in [0.4, 0.5) is 17.6 Å². The van der Waals surface area contributed by atoms with E-state index in [2.05, 4.69) is 4.99 Å². The fraction of sp³-hybridized carbons (Fsp3) is 0.100. The lowest BCUT2D eigenvalue weighted by atomic mass is 10.1. The Balaban J connectivity index is 2.94. The van der Waals surface area contributed by atoms with Crippen molar-refractivity contribution in [2.24, 2.45) is 4.99 Å². The molecule has 0 bridgehead atoms. The Labute approximate surface area is 95.9 Å². The molecule has 1 aromatic carbocycles. The molecule has 1 atom stereocenters. The van der Waals surface area contributed by atoms with E-state index in [9.17, 15) is 27.2 Å². The number of aliphatic carboxylic acids is 1. The van der Waals surface area contributed by atoms with Gasteiger partial charge in [0.25, 0.3) is 0 Å². The van der Waals surface area contributed by atoms with Crippen molar-refractivity contribution >= 4 is 17.6 Å². The molecule has 18 heavy (non-hydrogen) atoms. The van der Waals surface area contributed by atoms with Crippen LogP contribution in [0.5, 0.6) is 0 Å². The third kappa shape index (κ3) is 1.57. The zero-order valence-electron chi connectivity index (χ0n) is 8.38. The van der Waals surface area contributed by atoms with Gasteiger partial charge in [-0.3, -0.25) is 9.79 Å². The molecular weight excluding hydrogens is 258 g/mol. The number of hydrogen-bond donors (Lipinski definition) is 1. The molecule has 1 aliphatic rings. The summed E-state index contributed by atoms with van der Waals surface area (Å²) in [7, 11) is 0. The molecule has 1 unspecified atom stereocenters. The van der Waals surface area contributed by atoms with Gasteiger partial charge in [0.1, 0.15) is 0 Å². The van der Waals surface area contributed by atoms with Crippen molar-refractivity contribution in [3.05, 3.63) is 34.1 Å². The average molecular weight is 261 g/mol. The van der Waals surface area contributed by atoms with Crippen molar-refractivity contribution in [3.8, 4) is 0 Å². The SMILES string of the molecule is O=C(O)C1N=c2cc(F)c(F)c(F)c2=C(F)C1=O. The summed E-state index contributed by atoms with van der Waals surface area (Å²) >= 11 is 0. The highest BCUT2D eigenvalue weighted by Crippen LogP contribution is 2.11. The number of nitrogens with zero attached hydrogens (tertiary/aromatic N) is 1. The highest BCUT2D eigenvalue weighted by atomic mass is 19.2. The standard InChI is InChI=1S/C10H3F4NO3/c11-2-1-3-4(6(13)5(2)12)7(14)9(16)8(15-3)10(17)18/h1,8H,(H,17,18). The zero-order chi connectivity index (χ0) is 13.6. The van der Waals surface area contributed by atoms with Crippen LogP contribution in [-0.4, -0.2) is 22.9 Å². The number of carbonyl (C=O) groups is 2. The van der Waals surface area contributed by atoms with Gasteiger partial charge >= 0.3 is 5.97 Å². The minimum atomic E-state index is -2.12. The smallest absolute Gasteiger partial charge is 0.336 e. The van der Waals surface area contributed by atoms with Crippen molar-refractivity contribution < 1.29 is 32.3 Å². The van der Waals surface area contributed by atoms with Crippen LogP contribution in [0, 0.1) is 17.5 Å². The van der Waals surface area contributed by atoms with Crippen molar-refractivity contribution in [1.29, 1.82) is 0 Å². The summed E-state index contributed by atoms with van der Waals surface area (Å²) in [4.78, 5) is 25.0. The Hall–Kier alpha value is -2.25. The summed E-state index contributed by atoms with van der Waals surface area (Å²) in [5.74, 6) is -10.7. The number of Topliss-reactive ketones (excluding diaryl/α,β-unsaturated/α-hetero) is 1. The third-order valence-corrected chi connectivity index (χ3v) is 2.33. The lowest BCUT2D eigenvalue weighted by Gasteiger charge is -2.10. The molecule has 1 N–H and O–H groups in total. The van der Waals surface area contributed by atoms with Crippen molar-refractivity contribution in [3.63, 3.8) is 0 Å². The summed E-state index contributed by atoms with van der Waals surface area (Å²) in [5.41, 5.74) is 0. The normalized spacial score (nSPS) is 18.3. The minimum absolute atomic E-state index is 0.329. The summed E-state index contributed by atoms with van der Waals surface area (Å²) < 4.78 is 52.5. The van der Waals surface area contributed by atoms with Crippen LogP contribution in [-0.2, 0) is 9.59 Å². The Kier molecular flexibility index (Phi) is 2.64. The van der Waals surface area contributed by atoms with Crippen LogP contribution >= 0.6 is 0 Å². The van der Waals surface area contributed by atoms with Gasteiger partial charge in [0.05, 0.1) is 10.6 Å². The second-order valence-electron chi connectivity index (χ2n) is 3.43. The molecular formula is C10H3F4NO3. The van der Waals surface area contributed by atoms with Crippen molar-refractivity contribution in [2.75, 3.05) is 0 Å². The molecule has 1 heterocycles. The summed E-state index contributed by atoms with van der Waals surface area (Å²) in [6.45, 7) is 0. The number of ketones is 1. The van der Waals surface area contributed by atoms with Crippen LogP contribution in [0.3, 0.4) is 0 Å². The second-order valence-corrected chi connectivity index (χ2v) is 3.43. The molecule has 0 radical (unpaired) electrons. The van der Waals surface area contributed by atoms with Gasteiger partial charge in [-0.05, 0) is 0 Å². The van der Waals surface area contributed by atoms with Crippen LogP contribution in [0.25, 0.3) is 5.83 Å². The largest absolute Gasteiger partial charge is 0.479 e. The first kappa shape index (κ1) is 12.2. The molecule has 4 nitrogen and oxygen atoms in total. The number of carbonyl (C=O) groups excluding carboxylic acids is 1. The maximum absolute atomic E-state index is 13.5. The van der Waals surface area contributed by atoms with Crippen molar-refractivity contribution in [2.45, 2.75) is 6.04 Å². The number of hydrogen-bond acceptors (Lipinski definition) is 3. The lowest BCUT2D eigenvalue weighted by molar-refractivity contribution is -0.141. The molecule has 1 aromatic rings. The number of benzene rings is 1. The quantitative estimate of drug-likeness (QED) is 0.434. The first-order valence-electron chi connectivity index (χ1n) is 4.52. The van der Waals surface area contributed by atoms with Gasteiger partial charge in [0.15, 0.2) is 23.3 Å².